The lowest BCUT2D eigenvalue weighted by Crippen LogP contribution is -2.64. The minimum Gasteiger partial charge on any atom is -0.386 e. The first-order valence-electron chi connectivity index (χ1n) is 5.38. The second kappa shape index (κ2) is 2.98. The molecular formula is C10H13N3O3. The predicted octanol–water partition coefficient (Wildman–Crippen LogP) is -0.700. The van der Waals surface area contributed by atoms with E-state index in [1.54, 1.807) is 4.90 Å². The highest BCUT2D eigenvalue weighted by Crippen LogP contribution is 2.44. The Morgan fingerprint density at radius 2 is 2.19 bits per heavy atom. The van der Waals surface area contributed by atoms with Gasteiger partial charge in [-0.3, -0.25) is 4.79 Å². The number of H-pyrrole nitrogens is 2. The number of carbonyl (C=O) groups excluding carboxylic acids is 1. The normalized spacial score (nSPS) is 22.9. The Balaban J connectivity index is 1.68. The van der Waals surface area contributed by atoms with Crippen LogP contribution in [0.2, 0.25) is 0 Å². The highest BCUT2D eigenvalue weighted by molar-refractivity contribution is 5.92. The number of rotatable bonds is 2. The largest absolute Gasteiger partial charge is 0.386 e. The molecule has 1 amide bonds. The molecule has 3 rings (SSSR count). The van der Waals surface area contributed by atoms with E-state index in [-0.39, 0.29) is 17.3 Å². The Morgan fingerprint density at radius 3 is 2.69 bits per heavy atom. The monoisotopic (exact) mass is 223 g/mol. The van der Waals surface area contributed by atoms with E-state index in [0.29, 0.717) is 19.0 Å². The van der Waals surface area contributed by atoms with E-state index in [1.165, 1.54) is 6.20 Å². The number of aromatic nitrogens is 2. The van der Waals surface area contributed by atoms with Crippen molar-refractivity contribution >= 4 is 5.91 Å². The predicted molar refractivity (Wildman–Crippen MR) is 55.0 cm³/mol. The van der Waals surface area contributed by atoms with Crippen molar-refractivity contribution in [2.75, 3.05) is 13.1 Å². The first-order chi connectivity index (χ1) is 7.58. The Labute approximate surface area is 91.3 Å². The number of β-amino-alcohol motifs (C(OH)–C–C–N with tert-alkyl or cyclic N) is 1. The van der Waals surface area contributed by atoms with Gasteiger partial charge in [0.15, 0.2) is 0 Å². The zero-order chi connectivity index (χ0) is 11.3. The van der Waals surface area contributed by atoms with Gasteiger partial charge in [0.1, 0.15) is 11.3 Å². The van der Waals surface area contributed by atoms with E-state index in [4.69, 9.17) is 0 Å². The van der Waals surface area contributed by atoms with Gasteiger partial charge in [-0.15, -0.1) is 0 Å². The summed E-state index contributed by atoms with van der Waals surface area (Å²) in [6, 6.07) is 0. The summed E-state index contributed by atoms with van der Waals surface area (Å²) in [7, 11) is 0. The van der Waals surface area contributed by atoms with Crippen molar-refractivity contribution in [1.29, 1.82) is 0 Å². The molecule has 1 aliphatic carbocycles. The SMILES string of the molecule is O=C(c1c[nH]c(=O)[nH]1)N1CC(O)(C2CC2)C1. The second-order valence-electron chi connectivity index (χ2n) is 4.70. The molecule has 2 aliphatic rings. The van der Waals surface area contributed by atoms with Gasteiger partial charge >= 0.3 is 5.69 Å². The molecule has 2 heterocycles. The molecule has 1 aromatic rings. The van der Waals surface area contributed by atoms with Crippen molar-refractivity contribution in [2.45, 2.75) is 18.4 Å². The summed E-state index contributed by atoms with van der Waals surface area (Å²) in [6.45, 7) is 0.757. The highest BCUT2D eigenvalue weighted by Gasteiger charge is 2.53. The summed E-state index contributed by atoms with van der Waals surface area (Å²) in [5.74, 6) is 0.130. The van der Waals surface area contributed by atoms with Gasteiger partial charge in [0.25, 0.3) is 5.91 Å². The Morgan fingerprint density at radius 1 is 1.50 bits per heavy atom. The highest BCUT2D eigenvalue weighted by atomic mass is 16.3. The molecule has 1 saturated heterocycles. The van der Waals surface area contributed by atoms with Crippen LogP contribution in [0.15, 0.2) is 11.0 Å². The van der Waals surface area contributed by atoms with E-state index in [9.17, 15) is 14.7 Å². The average molecular weight is 223 g/mol. The van der Waals surface area contributed by atoms with Gasteiger partial charge in [0, 0.05) is 6.20 Å². The maximum Gasteiger partial charge on any atom is 0.323 e. The van der Waals surface area contributed by atoms with Gasteiger partial charge in [0.2, 0.25) is 0 Å². The molecule has 6 nitrogen and oxygen atoms in total. The van der Waals surface area contributed by atoms with Crippen LogP contribution in [0.1, 0.15) is 23.3 Å². The molecule has 16 heavy (non-hydrogen) atoms. The molecule has 3 N–H and O–H groups in total. The number of hydrogen-bond donors (Lipinski definition) is 3. The van der Waals surface area contributed by atoms with Crippen molar-refractivity contribution in [3.05, 3.63) is 22.4 Å². The molecule has 86 valence electrons. The van der Waals surface area contributed by atoms with Crippen molar-refractivity contribution in [3.63, 3.8) is 0 Å². The van der Waals surface area contributed by atoms with Crippen LogP contribution in [-0.4, -0.2) is 44.6 Å². The molecule has 1 aromatic heterocycles. The third-order valence-electron chi connectivity index (χ3n) is 3.38. The average Bonchev–Trinajstić information content (AvgIpc) is 2.96. The van der Waals surface area contributed by atoms with Crippen LogP contribution in [-0.2, 0) is 0 Å². The lowest BCUT2D eigenvalue weighted by molar-refractivity contribution is -0.0959. The Bertz CT molecular complexity index is 479. The first-order valence-corrected chi connectivity index (χ1v) is 5.38. The molecule has 0 atom stereocenters. The number of hydrogen-bond acceptors (Lipinski definition) is 3. The molecule has 0 radical (unpaired) electrons. The minimum atomic E-state index is -0.674. The number of amides is 1. The van der Waals surface area contributed by atoms with E-state index >= 15 is 0 Å². The lowest BCUT2D eigenvalue weighted by Gasteiger charge is -2.46. The van der Waals surface area contributed by atoms with Gasteiger partial charge in [-0.2, -0.15) is 0 Å². The first kappa shape index (κ1) is 9.65. The van der Waals surface area contributed by atoms with Crippen molar-refractivity contribution in [1.82, 2.24) is 14.9 Å². The number of imidazole rings is 1. The number of aliphatic hydroxyl groups is 1. The fraction of sp³-hybridized carbons (Fsp3) is 0.600. The van der Waals surface area contributed by atoms with Crippen LogP contribution in [0, 0.1) is 5.92 Å². The van der Waals surface area contributed by atoms with Gasteiger partial charge in [-0.05, 0) is 18.8 Å². The molecule has 2 fully saturated rings. The Hall–Kier alpha value is -1.56. The number of nitrogens with zero attached hydrogens (tertiary/aromatic N) is 1. The number of carbonyl (C=O) groups is 1. The van der Waals surface area contributed by atoms with Gasteiger partial charge in [-0.25, -0.2) is 4.79 Å². The number of nitrogens with one attached hydrogen (secondary N) is 2. The number of aromatic amines is 2. The zero-order valence-electron chi connectivity index (χ0n) is 8.69. The second-order valence-corrected chi connectivity index (χ2v) is 4.70. The maximum absolute atomic E-state index is 11.8. The molecule has 0 spiro atoms. The van der Waals surface area contributed by atoms with Crippen LogP contribution in [0.5, 0.6) is 0 Å². The molecule has 6 heteroatoms. The van der Waals surface area contributed by atoms with Crippen LogP contribution in [0.4, 0.5) is 0 Å². The summed E-state index contributed by atoms with van der Waals surface area (Å²) in [4.78, 5) is 29.0. The third kappa shape index (κ3) is 1.37. The summed E-state index contributed by atoms with van der Waals surface area (Å²) in [6.07, 6.45) is 3.47. The maximum atomic E-state index is 11.8. The third-order valence-corrected chi connectivity index (χ3v) is 3.38. The van der Waals surface area contributed by atoms with E-state index < -0.39 is 5.60 Å². The lowest BCUT2D eigenvalue weighted by atomic mass is 9.88. The molecule has 1 aliphatic heterocycles. The van der Waals surface area contributed by atoms with Gasteiger partial charge in [0.05, 0.1) is 13.1 Å². The fourth-order valence-corrected chi connectivity index (χ4v) is 2.25. The van der Waals surface area contributed by atoms with Crippen LogP contribution in [0.3, 0.4) is 0 Å². The Kier molecular flexibility index (Phi) is 1.79. The van der Waals surface area contributed by atoms with Crippen molar-refractivity contribution in [3.8, 4) is 0 Å². The molecule has 1 saturated carbocycles. The molecular weight excluding hydrogens is 210 g/mol. The van der Waals surface area contributed by atoms with Gasteiger partial charge in [-0.1, -0.05) is 0 Å². The minimum absolute atomic E-state index is 0.233. The van der Waals surface area contributed by atoms with Crippen molar-refractivity contribution in [2.24, 2.45) is 5.92 Å². The summed E-state index contributed by atoms with van der Waals surface area (Å²) in [5.41, 5.74) is -0.809. The summed E-state index contributed by atoms with van der Waals surface area (Å²) < 4.78 is 0. The molecule has 0 unspecified atom stereocenters. The summed E-state index contributed by atoms with van der Waals surface area (Å²) >= 11 is 0. The fourth-order valence-electron chi connectivity index (χ4n) is 2.25. The quantitative estimate of drug-likeness (QED) is 0.619. The van der Waals surface area contributed by atoms with Crippen LogP contribution < -0.4 is 5.69 Å². The molecule has 0 bridgehead atoms. The molecule has 0 aromatic carbocycles. The smallest absolute Gasteiger partial charge is 0.323 e. The van der Waals surface area contributed by atoms with Crippen LogP contribution in [0.25, 0.3) is 0 Å². The van der Waals surface area contributed by atoms with Crippen molar-refractivity contribution < 1.29 is 9.90 Å². The zero-order valence-corrected chi connectivity index (χ0v) is 8.69. The standard InChI is InChI=1S/C10H13N3O3/c14-8(7-3-11-9(15)12-7)13-4-10(16,5-13)6-1-2-6/h3,6,16H,1-2,4-5H2,(H2,11,12,15). The van der Waals surface area contributed by atoms with E-state index in [2.05, 4.69) is 9.97 Å². The number of likely N-dealkylation sites (tertiary alicyclic amines) is 1. The summed E-state index contributed by atoms with van der Waals surface area (Å²) in [5, 5.41) is 10.0. The van der Waals surface area contributed by atoms with Gasteiger partial charge < -0.3 is 20.0 Å². The van der Waals surface area contributed by atoms with Crippen LogP contribution >= 0.6 is 0 Å². The van der Waals surface area contributed by atoms with E-state index in [0.717, 1.165) is 12.8 Å². The van der Waals surface area contributed by atoms with E-state index in [1.807, 2.05) is 0 Å². The topological polar surface area (TPSA) is 89.2 Å².